The maximum Gasteiger partial charge on any atom is 0.321 e. The molecule has 104 valence electrons. The van der Waals surface area contributed by atoms with Gasteiger partial charge in [-0.25, -0.2) is 4.79 Å². The first-order valence-corrected chi connectivity index (χ1v) is 6.35. The first kappa shape index (κ1) is 15.0. The van der Waals surface area contributed by atoms with Crippen molar-refractivity contribution in [2.24, 2.45) is 0 Å². The molecule has 1 aromatic rings. The predicted molar refractivity (Wildman–Crippen MR) is 74.3 cm³/mol. The van der Waals surface area contributed by atoms with E-state index in [4.69, 9.17) is 5.11 Å². The minimum Gasteiger partial charge on any atom is -0.481 e. The number of hydrogen-bond acceptors (Lipinski definition) is 2. The van der Waals surface area contributed by atoms with Crippen LogP contribution in [0.5, 0.6) is 0 Å². The molecule has 0 heterocycles. The first-order valence-electron chi connectivity index (χ1n) is 6.35. The van der Waals surface area contributed by atoms with Crippen LogP contribution in [0.3, 0.4) is 0 Å². The van der Waals surface area contributed by atoms with Gasteiger partial charge >= 0.3 is 12.0 Å². The average Bonchev–Trinajstić information content (AvgIpc) is 2.38. The third kappa shape index (κ3) is 5.42. The summed E-state index contributed by atoms with van der Waals surface area (Å²) in [5.41, 5.74) is 1.92. The molecular formula is C14H20N2O3. The monoisotopic (exact) mass is 264 g/mol. The Bertz CT molecular complexity index is 446. The maximum atomic E-state index is 11.9. The second kappa shape index (κ2) is 7.41. The van der Waals surface area contributed by atoms with Gasteiger partial charge in [0, 0.05) is 25.7 Å². The highest BCUT2D eigenvalue weighted by atomic mass is 16.4. The Morgan fingerprint density at radius 2 is 2.11 bits per heavy atom. The molecule has 0 aliphatic rings. The molecule has 2 amide bonds. The van der Waals surface area contributed by atoms with Crippen molar-refractivity contribution in [2.45, 2.75) is 26.2 Å². The molecule has 5 heteroatoms. The summed E-state index contributed by atoms with van der Waals surface area (Å²) in [5.74, 6) is -0.843. The predicted octanol–water partition coefficient (Wildman–Crippen LogP) is 2.58. The average molecular weight is 264 g/mol. The Balaban J connectivity index is 2.46. The molecule has 0 spiro atoms. The molecule has 1 aromatic carbocycles. The lowest BCUT2D eigenvalue weighted by Crippen LogP contribution is -2.32. The summed E-state index contributed by atoms with van der Waals surface area (Å²) >= 11 is 0. The van der Waals surface area contributed by atoms with Crippen molar-refractivity contribution in [1.29, 1.82) is 0 Å². The molecule has 0 bridgehead atoms. The maximum absolute atomic E-state index is 11.9. The van der Waals surface area contributed by atoms with E-state index in [9.17, 15) is 9.59 Å². The summed E-state index contributed by atoms with van der Waals surface area (Å²) < 4.78 is 0. The molecule has 0 saturated heterocycles. The lowest BCUT2D eigenvalue weighted by molar-refractivity contribution is -0.137. The van der Waals surface area contributed by atoms with Crippen LogP contribution in [0, 0.1) is 0 Å². The van der Waals surface area contributed by atoms with E-state index in [1.165, 1.54) is 4.90 Å². The number of aryl methyl sites for hydroxylation is 1. The first-order chi connectivity index (χ1) is 9.02. The molecule has 5 nitrogen and oxygen atoms in total. The van der Waals surface area contributed by atoms with Gasteiger partial charge in [-0.15, -0.1) is 0 Å². The SMILES string of the molecule is CCc1cccc(NC(=O)N(C)CCCC(=O)O)c1. The molecule has 1 rings (SSSR count). The van der Waals surface area contributed by atoms with Crippen LogP contribution in [0.2, 0.25) is 0 Å². The molecule has 0 aliphatic heterocycles. The fourth-order valence-corrected chi connectivity index (χ4v) is 1.66. The van der Waals surface area contributed by atoms with E-state index in [1.807, 2.05) is 24.3 Å². The van der Waals surface area contributed by atoms with E-state index < -0.39 is 5.97 Å². The van der Waals surface area contributed by atoms with E-state index in [1.54, 1.807) is 7.05 Å². The van der Waals surface area contributed by atoms with Crippen LogP contribution in [-0.2, 0) is 11.2 Å². The zero-order valence-corrected chi connectivity index (χ0v) is 11.3. The molecule has 19 heavy (non-hydrogen) atoms. The summed E-state index contributed by atoms with van der Waals surface area (Å²) in [4.78, 5) is 23.7. The fourth-order valence-electron chi connectivity index (χ4n) is 1.66. The van der Waals surface area contributed by atoms with Crippen LogP contribution in [0.25, 0.3) is 0 Å². The molecule has 2 N–H and O–H groups in total. The van der Waals surface area contributed by atoms with E-state index in [0.29, 0.717) is 13.0 Å². The highest BCUT2D eigenvalue weighted by Crippen LogP contribution is 2.11. The van der Waals surface area contributed by atoms with Crippen LogP contribution >= 0.6 is 0 Å². The van der Waals surface area contributed by atoms with E-state index >= 15 is 0 Å². The van der Waals surface area contributed by atoms with Gasteiger partial charge in [-0.1, -0.05) is 19.1 Å². The van der Waals surface area contributed by atoms with Gasteiger partial charge in [-0.3, -0.25) is 4.79 Å². The molecule has 0 atom stereocenters. The van der Waals surface area contributed by atoms with Gasteiger partial charge < -0.3 is 15.3 Å². The van der Waals surface area contributed by atoms with Crippen LogP contribution in [0.15, 0.2) is 24.3 Å². The van der Waals surface area contributed by atoms with Crippen molar-refractivity contribution in [1.82, 2.24) is 4.90 Å². The summed E-state index contributed by atoms with van der Waals surface area (Å²) in [6.07, 6.45) is 1.44. The van der Waals surface area contributed by atoms with Gasteiger partial charge in [0.25, 0.3) is 0 Å². The summed E-state index contributed by atoms with van der Waals surface area (Å²) in [5, 5.41) is 11.3. The quantitative estimate of drug-likeness (QED) is 0.829. The Morgan fingerprint density at radius 1 is 1.37 bits per heavy atom. The van der Waals surface area contributed by atoms with Crippen molar-refractivity contribution in [3.8, 4) is 0 Å². The summed E-state index contributed by atoms with van der Waals surface area (Å²) in [6, 6.07) is 7.45. The number of aliphatic carboxylic acids is 1. The number of rotatable bonds is 6. The normalized spacial score (nSPS) is 10.0. The Kier molecular flexibility index (Phi) is 5.85. The Morgan fingerprint density at radius 3 is 2.74 bits per heavy atom. The lowest BCUT2D eigenvalue weighted by Gasteiger charge is -2.17. The fraction of sp³-hybridized carbons (Fsp3) is 0.429. The van der Waals surface area contributed by atoms with Crippen molar-refractivity contribution in [3.63, 3.8) is 0 Å². The van der Waals surface area contributed by atoms with Crippen molar-refractivity contribution < 1.29 is 14.7 Å². The molecule has 0 aliphatic carbocycles. The standard InChI is InChI=1S/C14H20N2O3/c1-3-11-6-4-7-12(10-11)15-14(19)16(2)9-5-8-13(17)18/h4,6-7,10H,3,5,8-9H2,1-2H3,(H,15,19)(H,17,18). The number of benzene rings is 1. The number of carbonyl (C=O) groups is 2. The van der Waals surface area contributed by atoms with Gasteiger partial charge in [0.2, 0.25) is 0 Å². The van der Waals surface area contributed by atoms with Gasteiger partial charge in [0.1, 0.15) is 0 Å². The van der Waals surface area contributed by atoms with Crippen LogP contribution in [0.1, 0.15) is 25.3 Å². The van der Waals surface area contributed by atoms with Gasteiger partial charge in [-0.05, 0) is 30.5 Å². The summed E-state index contributed by atoms with van der Waals surface area (Å²) in [6.45, 7) is 2.48. The third-order valence-corrected chi connectivity index (χ3v) is 2.82. The van der Waals surface area contributed by atoms with E-state index in [0.717, 1.165) is 17.7 Å². The number of carboxylic acid groups (broad SMARTS) is 1. The number of nitrogens with zero attached hydrogens (tertiary/aromatic N) is 1. The van der Waals surface area contributed by atoms with Crippen molar-refractivity contribution in [3.05, 3.63) is 29.8 Å². The van der Waals surface area contributed by atoms with Crippen LogP contribution in [0.4, 0.5) is 10.5 Å². The number of carboxylic acids is 1. The van der Waals surface area contributed by atoms with Gasteiger partial charge in [-0.2, -0.15) is 0 Å². The van der Waals surface area contributed by atoms with E-state index in [-0.39, 0.29) is 12.5 Å². The Labute approximate surface area is 113 Å². The Hall–Kier alpha value is -2.04. The smallest absolute Gasteiger partial charge is 0.321 e. The number of urea groups is 1. The molecular weight excluding hydrogens is 244 g/mol. The molecule has 0 aromatic heterocycles. The molecule has 0 saturated carbocycles. The lowest BCUT2D eigenvalue weighted by atomic mass is 10.1. The molecule has 0 unspecified atom stereocenters. The zero-order chi connectivity index (χ0) is 14.3. The second-order valence-corrected chi connectivity index (χ2v) is 4.40. The summed E-state index contributed by atoms with van der Waals surface area (Å²) in [7, 11) is 1.65. The van der Waals surface area contributed by atoms with Gasteiger partial charge in [0.15, 0.2) is 0 Å². The third-order valence-electron chi connectivity index (χ3n) is 2.82. The van der Waals surface area contributed by atoms with E-state index in [2.05, 4.69) is 12.2 Å². The second-order valence-electron chi connectivity index (χ2n) is 4.40. The minimum absolute atomic E-state index is 0.0724. The number of carbonyl (C=O) groups excluding carboxylic acids is 1. The minimum atomic E-state index is -0.843. The number of anilines is 1. The molecule has 0 radical (unpaired) electrons. The highest BCUT2D eigenvalue weighted by molar-refractivity contribution is 5.89. The zero-order valence-electron chi connectivity index (χ0n) is 11.3. The van der Waals surface area contributed by atoms with Crippen molar-refractivity contribution >= 4 is 17.7 Å². The van der Waals surface area contributed by atoms with Crippen LogP contribution < -0.4 is 5.32 Å². The van der Waals surface area contributed by atoms with Crippen LogP contribution in [-0.4, -0.2) is 35.6 Å². The highest BCUT2D eigenvalue weighted by Gasteiger charge is 2.09. The number of hydrogen-bond donors (Lipinski definition) is 2. The largest absolute Gasteiger partial charge is 0.481 e. The van der Waals surface area contributed by atoms with Gasteiger partial charge in [0.05, 0.1) is 0 Å². The number of amides is 2. The van der Waals surface area contributed by atoms with Crippen molar-refractivity contribution in [2.75, 3.05) is 18.9 Å². The molecule has 0 fully saturated rings. The topological polar surface area (TPSA) is 69.6 Å². The number of nitrogens with one attached hydrogen (secondary N) is 1.